The van der Waals surface area contributed by atoms with Gasteiger partial charge in [-0.15, -0.1) is 0 Å². The Morgan fingerprint density at radius 2 is 1.61 bits per heavy atom. The molecule has 3 aromatic carbocycles. The monoisotopic (exact) mass is 588 g/mol. The largest absolute Gasteiger partial charge is 0.300 e. The summed E-state index contributed by atoms with van der Waals surface area (Å²) in [7, 11) is 0. The molecule has 0 saturated heterocycles. The fourth-order valence-electron chi connectivity index (χ4n) is 8.95. The number of benzene rings is 3. The lowest BCUT2D eigenvalue weighted by Crippen LogP contribution is -2.30. The van der Waals surface area contributed by atoms with Crippen molar-refractivity contribution in [2.45, 2.75) is 111 Å². The van der Waals surface area contributed by atoms with Crippen LogP contribution in [0.15, 0.2) is 42.5 Å². The summed E-state index contributed by atoms with van der Waals surface area (Å²) in [5.41, 5.74) is 14.1. The van der Waals surface area contributed by atoms with Crippen LogP contribution in [0.25, 0.3) is 22.3 Å². The summed E-state index contributed by atoms with van der Waals surface area (Å²) in [6.07, 6.45) is 11.9. The number of hydrogen-bond donors (Lipinski definition) is 0. The van der Waals surface area contributed by atoms with Crippen LogP contribution in [-0.2, 0) is 41.7 Å². The van der Waals surface area contributed by atoms with Crippen LogP contribution in [0, 0.1) is 24.7 Å². The number of ketones is 3. The highest BCUT2D eigenvalue weighted by Gasteiger charge is 2.35. The predicted octanol–water partition coefficient (Wildman–Crippen LogP) is 9.43. The Morgan fingerprint density at radius 1 is 0.841 bits per heavy atom. The number of aryl methyl sites for hydroxylation is 3. The van der Waals surface area contributed by atoms with Crippen LogP contribution in [0.1, 0.15) is 116 Å². The summed E-state index contributed by atoms with van der Waals surface area (Å²) < 4.78 is 0. The lowest BCUT2D eigenvalue weighted by atomic mass is 9.70. The van der Waals surface area contributed by atoms with Gasteiger partial charge in [-0.2, -0.15) is 0 Å². The Kier molecular flexibility index (Phi) is 9.03. The van der Waals surface area contributed by atoms with E-state index in [1.807, 2.05) is 0 Å². The molecule has 3 heteroatoms. The van der Waals surface area contributed by atoms with E-state index >= 15 is 0 Å². The fourth-order valence-corrected chi connectivity index (χ4v) is 8.95. The fraction of sp³-hybridized carbons (Fsp3) is 0.488. The van der Waals surface area contributed by atoms with E-state index in [0.717, 1.165) is 68.9 Å². The first-order valence-corrected chi connectivity index (χ1v) is 17.2. The maximum atomic E-state index is 14.3. The molecule has 3 aromatic rings. The van der Waals surface area contributed by atoms with Crippen molar-refractivity contribution in [3.05, 3.63) is 81.4 Å². The zero-order valence-corrected chi connectivity index (χ0v) is 27.2. The first kappa shape index (κ1) is 30.7. The van der Waals surface area contributed by atoms with Gasteiger partial charge in [0.2, 0.25) is 0 Å². The minimum atomic E-state index is -0.115. The predicted molar refractivity (Wildman–Crippen MR) is 179 cm³/mol. The van der Waals surface area contributed by atoms with E-state index in [2.05, 4.69) is 63.2 Å². The zero-order valence-electron chi connectivity index (χ0n) is 27.2. The van der Waals surface area contributed by atoms with Gasteiger partial charge in [-0.05, 0) is 145 Å². The second kappa shape index (κ2) is 13.0. The smallest absolute Gasteiger partial charge is 0.163 e. The SMILES string of the molecule is CCCC(CC1CC(=O)c2c(C)c(-c3cccc4c3CCC4)cc(-c3ccc4c(c3)CCC4)c2C1)C(CC)C(=O)CC(C)=O. The van der Waals surface area contributed by atoms with Gasteiger partial charge >= 0.3 is 0 Å². The quantitative estimate of drug-likeness (QED) is 0.210. The molecule has 0 amide bonds. The van der Waals surface area contributed by atoms with Crippen LogP contribution in [0.2, 0.25) is 0 Å². The molecule has 3 aliphatic rings. The molecular formula is C41H48O3. The van der Waals surface area contributed by atoms with Gasteiger partial charge in [0.05, 0.1) is 6.42 Å². The van der Waals surface area contributed by atoms with Crippen LogP contribution in [0.5, 0.6) is 0 Å². The van der Waals surface area contributed by atoms with Gasteiger partial charge in [0, 0.05) is 17.9 Å². The maximum absolute atomic E-state index is 14.3. The van der Waals surface area contributed by atoms with Crippen molar-refractivity contribution < 1.29 is 14.4 Å². The number of hydrogen-bond acceptors (Lipinski definition) is 3. The van der Waals surface area contributed by atoms with Crippen molar-refractivity contribution in [2.24, 2.45) is 17.8 Å². The standard InChI is InChI=1S/C41H48O3/c1-5-10-31(33(6-2)39(43)19-25(3)42)20-27-21-38-37(32-18-17-28-11-7-14-30(28)23-32)24-36(26(4)41(38)40(44)22-27)35-16-9-13-29-12-8-15-34(29)35/h9,13,16-18,23-24,27,31,33H,5-8,10-12,14-15,19-22H2,1-4H3. The van der Waals surface area contributed by atoms with E-state index in [0.29, 0.717) is 6.42 Å². The number of Topliss-reactive ketones (excluding diaryl/α,β-unsaturated/α-hetero) is 3. The van der Waals surface area contributed by atoms with Crippen LogP contribution in [0.3, 0.4) is 0 Å². The summed E-state index contributed by atoms with van der Waals surface area (Å²) >= 11 is 0. The van der Waals surface area contributed by atoms with Crippen molar-refractivity contribution in [3.8, 4) is 22.3 Å². The van der Waals surface area contributed by atoms with Gasteiger partial charge in [-0.25, -0.2) is 0 Å². The van der Waals surface area contributed by atoms with Crippen LogP contribution in [0.4, 0.5) is 0 Å². The molecule has 230 valence electrons. The molecule has 0 radical (unpaired) electrons. The molecule has 3 aliphatic carbocycles. The lowest BCUT2D eigenvalue weighted by Gasteiger charge is -2.33. The van der Waals surface area contributed by atoms with Crippen molar-refractivity contribution >= 4 is 17.3 Å². The summed E-state index contributed by atoms with van der Waals surface area (Å²) in [5.74, 6) is 0.562. The molecule has 3 atom stereocenters. The second-order valence-corrected chi connectivity index (χ2v) is 13.9. The van der Waals surface area contributed by atoms with Gasteiger partial charge in [0.15, 0.2) is 5.78 Å². The van der Waals surface area contributed by atoms with Crippen LogP contribution in [-0.4, -0.2) is 17.3 Å². The lowest BCUT2D eigenvalue weighted by molar-refractivity contribution is -0.129. The molecule has 0 aromatic heterocycles. The first-order chi connectivity index (χ1) is 21.3. The number of fused-ring (bicyclic) bond motifs is 3. The minimum Gasteiger partial charge on any atom is -0.300 e. The van der Waals surface area contributed by atoms with Gasteiger partial charge in [0.25, 0.3) is 0 Å². The molecule has 3 unspecified atom stereocenters. The molecule has 6 rings (SSSR count). The molecule has 0 spiro atoms. The zero-order chi connectivity index (χ0) is 31.0. The molecular weight excluding hydrogens is 540 g/mol. The van der Waals surface area contributed by atoms with Crippen LogP contribution < -0.4 is 0 Å². The van der Waals surface area contributed by atoms with E-state index in [-0.39, 0.29) is 41.5 Å². The molecule has 0 aliphatic heterocycles. The van der Waals surface area contributed by atoms with Gasteiger partial charge < -0.3 is 0 Å². The average molecular weight is 589 g/mol. The minimum absolute atomic E-state index is 0.0266. The molecule has 44 heavy (non-hydrogen) atoms. The van der Waals surface area contributed by atoms with E-state index in [9.17, 15) is 14.4 Å². The maximum Gasteiger partial charge on any atom is 0.163 e. The highest BCUT2D eigenvalue weighted by Crippen LogP contribution is 2.45. The number of rotatable bonds is 11. The Balaban J connectivity index is 1.43. The van der Waals surface area contributed by atoms with Crippen molar-refractivity contribution in [1.29, 1.82) is 0 Å². The van der Waals surface area contributed by atoms with Gasteiger partial charge in [-0.1, -0.05) is 63.1 Å². The molecule has 0 fully saturated rings. The Bertz CT molecular complexity index is 1610. The highest BCUT2D eigenvalue weighted by molar-refractivity contribution is 6.04. The topological polar surface area (TPSA) is 51.2 Å². The van der Waals surface area contributed by atoms with E-state index in [1.54, 1.807) is 0 Å². The van der Waals surface area contributed by atoms with E-state index < -0.39 is 0 Å². The molecule has 0 heterocycles. The highest BCUT2D eigenvalue weighted by atomic mass is 16.1. The summed E-state index contributed by atoms with van der Waals surface area (Å²) in [6, 6.07) is 16.1. The first-order valence-electron chi connectivity index (χ1n) is 17.2. The Hall–Kier alpha value is -3.33. The molecule has 0 N–H and O–H groups in total. The summed E-state index contributed by atoms with van der Waals surface area (Å²) in [5, 5.41) is 0. The Labute approximate surface area is 263 Å². The van der Waals surface area contributed by atoms with Gasteiger partial charge in [-0.3, -0.25) is 14.4 Å². The van der Waals surface area contributed by atoms with Gasteiger partial charge in [0.1, 0.15) is 11.6 Å². The third kappa shape index (κ3) is 5.87. The second-order valence-electron chi connectivity index (χ2n) is 13.9. The van der Waals surface area contributed by atoms with Crippen molar-refractivity contribution in [3.63, 3.8) is 0 Å². The van der Waals surface area contributed by atoms with Crippen LogP contribution >= 0.6 is 0 Å². The van der Waals surface area contributed by atoms with Crippen molar-refractivity contribution in [1.82, 2.24) is 0 Å². The molecule has 3 nitrogen and oxygen atoms in total. The number of carbonyl (C=O) groups excluding carboxylic acids is 3. The van der Waals surface area contributed by atoms with E-state index in [4.69, 9.17) is 0 Å². The van der Waals surface area contributed by atoms with Crippen molar-refractivity contribution in [2.75, 3.05) is 0 Å². The number of carbonyl (C=O) groups is 3. The normalized spacial score (nSPS) is 18.5. The van der Waals surface area contributed by atoms with E-state index in [1.165, 1.54) is 69.8 Å². The molecule has 0 bridgehead atoms. The molecule has 0 saturated carbocycles. The summed E-state index contributed by atoms with van der Waals surface area (Å²) in [4.78, 5) is 39.2. The average Bonchev–Trinajstić information content (AvgIpc) is 3.67. The Morgan fingerprint density at radius 3 is 2.39 bits per heavy atom. The summed E-state index contributed by atoms with van der Waals surface area (Å²) in [6.45, 7) is 7.93. The third-order valence-electron chi connectivity index (χ3n) is 10.9. The third-order valence-corrected chi connectivity index (χ3v) is 10.9.